The first-order chi connectivity index (χ1) is 8.72. The van der Waals surface area contributed by atoms with Gasteiger partial charge in [-0.15, -0.1) is 0 Å². The topological polar surface area (TPSA) is 37.3 Å². The van der Waals surface area contributed by atoms with Crippen molar-refractivity contribution < 1.29 is 9.90 Å². The van der Waals surface area contributed by atoms with Crippen LogP contribution in [0.15, 0.2) is 0 Å². The lowest BCUT2D eigenvalue weighted by molar-refractivity contribution is -0.145. The Bertz CT molecular complexity index is 274. The summed E-state index contributed by atoms with van der Waals surface area (Å²) in [5, 5.41) is 9.49. The molecule has 0 saturated heterocycles. The fourth-order valence-electron chi connectivity index (χ4n) is 4.30. The highest BCUT2D eigenvalue weighted by Crippen LogP contribution is 2.43. The summed E-state index contributed by atoms with van der Waals surface area (Å²) in [5.74, 6) is 1.46. The number of hydrogen-bond acceptors (Lipinski definition) is 1. The molecule has 2 aliphatic rings. The SMILES string of the molecule is CCC1CCCC(C2CCCCCC2C(=O)O)C1. The molecule has 2 nitrogen and oxygen atoms in total. The largest absolute Gasteiger partial charge is 0.481 e. The molecule has 2 aliphatic carbocycles. The van der Waals surface area contributed by atoms with Crippen LogP contribution in [-0.4, -0.2) is 11.1 Å². The van der Waals surface area contributed by atoms with E-state index in [2.05, 4.69) is 6.92 Å². The van der Waals surface area contributed by atoms with Gasteiger partial charge in [0, 0.05) is 0 Å². The first kappa shape index (κ1) is 13.9. The predicted octanol–water partition coefficient (Wildman–Crippen LogP) is 4.48. The van der Waals surface area contributed by atoms with Crippen molar-refractivity contribution in [2.75, 3.05) is 0 Å². The molecule has 0 heterocycles. The van der Waals surface area contributed by atoms with Gasteiger partial charge in [0.05, 0.1) is 5.92 Å². The van der Waals surface area contributed by atoms with E-state index in [1.54, 1.807) is 0 Å². The van der Waals surface area contributed by atoms with Crippen LogP contribution in [0, 0.1) is 23.7 Å². The summed E-state index contributed by atoms with van der Waals surface area (Å²) in [6, 6.07) is 0. The molecule has 0 bridgehead atoms. The lowest BCUT2D eigenvalue weighted by atomic mass is 9.69. The quantitative estimate of drug-likeness (QED) is 0.752. The Hall–Kier alpha value is -0.530. The van der Waals surface area contributed by atoms with Crippen LogP contribution < -0.4 is 0 Å². The van der Waals surface area contributed by atoms with Gasteiger partial charge in [-0.3, -0.25) is 4.79 Å². The minimum Gasteiger partial charge on any atom is -0.481 e. The molecule has 0 aromatic carbocycles. The Balaban J connectivity index is 2.04. The second-order valence-corrected chi connectivity index (χ2v) is 6.45. The van der Waals surface area contributed by atoms with Crippen LogP contribution in [0.4, 0.5) is 0 Å². The highest BCUT2D eigenvalue weighted by Gasteiger charge is 2.36. The van der Waals surface area contributed by atoms with Gasteiger partial charge < -0.3 is 5.11 Å². The molecule has 0 radical (unpaired) electrons. The van der Waals surface area contributed by atoms with E-state index in [-0.39, 0.29) is 5.92 Å². The molecule has 1 N–H and O–H groups in total. The summed E-state index contributed by atoms with van der Waals surface area (Å²) in [4.78, 5) is 11.5. The standard InChI is InChI=1S/C16H28O2/c1-2-12-7-6-8-13(11-12)14-9-4-3-5-10-15(14)16(17)18/h12-15H,2-11H2,1H3,(H,17,18). The van der Waals surface area contributed by atoms with Gasteiger partial charge in [-0.05, 0) is 37.0 Å². The van der Waals surface area contributed by atoms with Crippen LogP contribution in [-0.2, 0) is 4.79 Å². The molecular weight excluding hydrogens is 224 g/mol. The van der Waals surface area contributed by atoms with Gasteiger partial charge in [-0.2, -0.15) is 0 Å². The maximum absolute atomic E-state index is 11.5. The summed E-state index contributed by atoms with van der Waals surface area (Å²) in [6.45, 7) is 2.29. The van der Waals surface area contributed by atoms with Crippen molar-refractivity contribution in [2.45, 2.75) is 71.1 Å². The predicted molar refractivity (Wildman–Crippen MR) is 73.4 cm³/mol. The summed E-state index contributed by atoms with van der Waals surface area (Å²) in [5.41, 5.74) is 0. The normalized spacial score (nSPS) is 38.1. The number of rotatable bonds is 3. The van der Waals surface area contributed by atoms with Crippen molar-refractivity contribution in [3.63, 3.8) is 0 Å². The zero-order chi connectivity index (χ0) is 13.0. The molecule has 0 aromatic heterocycles. The third-order valence-corrected chi connectivity index (χ3v) is 5.39. The zero-order valence-corrected chi connectivity index (χ0v) is 11.7. The maximum atomic E-state index is 11.5. The van der Waals surface area contributed by atoms with Crippen molar-refractivity contribution in [1.82, 2.24) is 0 Å². The second kappa shape index (κ2) is 6.58. The van der Waals surface area contributed by atoms with E-state index in [1.165, 1.54) is 44.9 Å². The Labute approximate surface area is 111 Å². The molecule has 104 valence electrons. The van der Waals surface area contributed by atoms with Gasteiger partial charge in [-0.1, -0.05) is 51.9 Å². The van der Waals surface area contributed by atoms with E-state index in [9.17, 15) is 9.90 Å². The molecule has 0 aliphatic heterocycles. The summed E-state index contributed by atoms with van der Waals surface area (Å²) < 4.78 is 0. The second-order valence-electron chi connectivity index (χ2n) is 6.45. The lowest BCUT2D eigenvalue weighted by Gasteiger charge is -2.36. The lowest BCUT2D eigenvalue weighted by Crippen LogP contribution is -2.31. The Morgan fingerprint density at radius 1 is 1.06 bits per heavy atom. The van der Waals surface area contributed by atoms with Gasteiger partial charge in [0.1, 0.15) is 0 Å². The van der Waals surface area contributed by atoms with Gasteiger partial charge in [-0.25, -0.2) is 0 Å². The van der Waals surface area contributed by atoms with Crippen molar-refractivity contribution in [3.05, 3.63) is 0 Å². The highest BCUT2D eigenvalue weighted by atomic mass is 16.4. The van der Waals surface area contributed by atoms with Crippen molar-refractivity contribution in [3.8, 4) is 0 Å². The van der Waals surface area contributed by atoms with Gasteiger partial charge in [0.15, 0.2) is 0 Å². The molecule has 18 heavy (non-hydrogen) atoms. The number of hydrogen-bond donors (Lipinski definition) is 1. The van der Waals surface area contributed by atoms with Crippen LogP contribution in [0.5, 0.6) is 0 Å². The average Bonchev–Trinajstić information content (AvgIpc) is 2.64. The van der Waals surface area contributed by atoms with E-state index >= 15 is 0 Å². The van der Waals surface area contributed by atoms with Crippen LogP contribution in [0.25, 0.3) is 0 Å². The van der Waals surface area contributed by atoms with Crippen molar-refractivity contribution >= 4 is 5.97 Å². The van der Waals surface area contributed by atoms with Gasteiger partial charge in [0.25, 0.3) is 0 Å². The van der Waals surface area contributed by atoms with Crippen molar-refractivity contribution in [2.24, 2.45) is 23.7 Å². The molecule has 2 rings (SSSR count). The third-order valence-electron chi connectivity index (χ3n) is 5.39. The number of carboxylic acid groups (broad SMARTS) is 1. The fourth-order valence-corrected chi connectivity index (χ4v) is 4.30. The van der Waals surface area contributed by atoms with Gasteiger partial charge >= 0.3 is 5.97 Å². The summed E-state index contributed by atoms with van der Waals surface area (Å²) in [6.07, 6.45) is 12.3. The summed E-state index contributed by atoms with van der Waals surface area (Å²) >= 11 is 0. The van der Waals surface area contributed by atoms with E-state index in [0.29, 0.717) is 11.8 Å². The molecule has 2 fully saturated rings. The van der Waals surface area contributed by atoms with Crippen LogP contribution in [0.2, 0.25) is 0 Å². The smallest absolute Gasteiger partial charge is 0.306 e. The van der Waals surface area contributed by atoms with Crippen LogP contribution in [0.3, 0.4) is 0 Å². The highest BCUT2D eigenvalue weighted by molar-refractivity contribution is 5.70. The summed E-state index contributed by atoms with van der Waals surface area (Å²) in [7, 11) is 0. The molecule has 2 saturated carbocycles. The van der Waals surface area contributed by atoms with Crippen LogP contribution in [0.1, 0.15) is 71.1 Å². The van der Waals surface area contributed by atoms with E-state index in [4.69, 9.17) is 0 Å². The molecule has 4 atom stereocenters. The van der Waals surface area contributed by atoms with Crippen molar-refractivity contribution in [1.29, 1.82) is 0 Å². The van der Waals surface area contributed by atoms with Crippen LogP contribution >= 0.6 is 0 Å². The number of carboxylic acids is 1. The van der Waals surface area contributed by atoms with E-state index in [0.717, 1.165) is 25.2 Å². The minimum absolute atomic E-state index is 0.0480. The third kappa shape index (κ3) is 3.27. The monoisotopic (exact) mass is 252 g/mol. The minimum atomic E-state index is -0.527. The van der Waals surface area contributed by atoms with Gasteiger partial charge in [0.2, 0.25) is 0 Å². The Morgan fingerprint density at radius 3 is 2.56 bits per heavy atom. The molecule has 4 unspecified atom stereocenters. The average molecular weight is 252 g/mol. The fraction of sp³-hybridized carbons (Fsp3) is 0.938. The molecule has 0 amide bonds. The molecule has 0 aromatic rings. The number of carbonyl (C=O) groups is 1. The number of aliphatic carboxylic acids is 1. The molecular formula is C16H28O2. The zero-order valence-electron chi connectivity index (χ0n) is 11.7. The maximum Gasteiger partial charge on any atom is 0.306 e. The Morgan fingerprint density at radius 2 is 1.83 bits per heavy atom. The van der Waals surface area contributed by atoms with E-state index in [1.807, 2.05) is 0 Å². The Kier molecular flexibility index (Phi) is 5.08. The van der Waals surface area contributed by atoms with E-state index < -0.39 is 5.97 Å². The molecule has 0 spiro atoms. The molecule has 2 heteroatoms. The first-order valence-electron chi connectivity index (χ1n) is 7.95. The first-order valence-corrected chi connectivity index (χ1v) is 7.95.